The summed E-state index contributed by atoms with van der Waals surface area (Å²) in [5.74, 6) is 0.206. The van der Waals surface area contributed by atoms with Crippen LogP contribution in [0.25, 0.3) is 0 Å². The van der Waals surface area contributed by atoms with Crippen LogP contribution in [0.3, 0.4) is 0 Å². The molecule has 0 spiro atoms. The normalized spacial score (nSPS) is 14.1. The number of amides is 2. The second kappa shape index (κ2) is 15.1. The number of aryl methyl sites for hydroxylation is 1. The van der Waals surface area contributed by atoms with Gasteiger partial charge < -0.3 is 19.7 Å². The van der Waals surface area contributed by atoms with Crippen molar-refractivity contribution >= 4 is 27.5 Å². The number of anilines is 1. The molecule has 0 radical (unpaired) electrons. The summed E-state index contributed by atoms with van der Waals surface area (Å²) in [4.78, 5) is 29.6. The van der Waals surface area contributed by atoms with Gasteiger partial charge in [0.25, 0.3) is 10.0 Å². The zero-order chi connectivity index (χ0) is 31.7. The van der Waals surface area contributed by atoms with E-state index in [4.69, 9.17) is 9.47 Å². The highest BCUT2D eigenvalue weighted by Crippen LogP contribution is 2.33. The van der Waals surface area contributed by atoms with Crippen LogP contribution in [0.2, 0.25) is 0 Å². The van der Waals surface area contributed by atoms with Crippen molar-refractivity contribution in [2.45, 2.75) is 76.4 Å². The molecule has 2 amide bonds. The summed E-state index contributed by atoms with van der Waals surface area (Å²) in [6, 6.07) is 19.8. The van der Waals surface area contributed by atoms with Crippen molar-refractivity contribution in [3.63, 3.8) is 0 Å². The monoisotopic (exact) mass is 621 g/mol. The number of benzene rings is 3. The Balaban J connectivity index is 1.76. The first-order valence-corrected chi connectivity index (χ1v) is 16.7. The smallest absolute Gasteiger partial charge is 0.264 e. The van der Waals surface area contributed by atoms with Crippen LogP contribution in [-0.2, 0) is 26.2 Å². The first kappa shape index (κ1) is 32.9. The van der Waals surface area contributed by atoms with E-state index >= 15 is 0 Å². The number of carbonyl (C=O) groups is 2. The fourth-order valence-corrected chi connectivity index (χ4v) is 6.97. The third-order valence-corrected chi connectivity index (χ3v) is 9.67. The standard InChI is InChI=1S/C34H43N3O6S/c1-5-30(34(39)35-27-13-7-8-14-27)36(23-26-12-11-15-28(22-26)42-4)33(38)24-37(31-16-9-10-17-32(31)43-6-2)44(40,41)29-20-18-25(3)19-21-29/h9-12,15-22,27,30H,5-8,13-14,23-24H2,1-4H3,(H,35,39)/t30-/m0/s1. The Morgan fingerprint density at radius 3 is 2.34 bits per heavy atom. The van der Waals surface area contributed by atoms with E-state index in [0.717, 1.165) is 41.1 Å². The lowest BCUT2D eigenvalue weighted by Crippen LogP contribution is -2.53. The van der Waals surface area contributed by atoms with Gasteiger partial charge in [-0.25, -0.2) is 8.42 Å². The van der Waals surface area contributed by atoms with E-state index in [9.17, 15) is 18.0 Å². The second-order valence-electron chi connectivity index (χ2n) is 11.0. The molecule has 9 nitrogen and oxygen atoms in total. The predicted octanol–water partition coefficient (Wildman–Crippen LogP) is 5.46. The average Bonchev–Trinajstić information content (AvgIpc) is 3.53. The first-order chi connectivity index (χ1) is 21.2. The van der Waals surface area contributed by atoms with Crippen molar-refractivity contribution in [3.05, 3.63) is 83.9 Å². The summed E-state index contributed by atoms with van der Waals surface area (Å²) in [5.41, 5.74) is 1.91. The molecule has 0 aliphatic heterocycles. The van der Waals surface area contributed by atoms with Gasteiger partial charge in [0.05, 0.1) is 24.3 Å². The zero-order valence-electron chi connectivity index (χ0n) is 26.0. The molecule has 0 unspecified atom stereocenters. The molecule has 4 rings (SSSR count). The van der Waals surface area contributed by atoms with Gasteiger partial charge in [-0.05, 0) is 75.1 Å². The van der Waals surface area contributed by atoms with Crippen molar-refractivity contribution in [3.8, 4) is 11.5 Å². The number of carbonyl (C=O) groups excluding carboxylic acids is 2. The topological polar surface area (TPSA) is 105 Å². The largest absolute Gasteiger partial charge is 0.497 e. The molecule has 0 aromatic heterocycles. The second-order valence-corrected chi connectivity index (χ2v) is 12.9. The maximum atomic E-state index is 14.4. The fraction of sp³-hybridized carbons (Fsp3) is 0.412. The van der Waals surface area contributed by atoms with E-state index in [1.54, 1.807) is 49.6 Å². The molecule has 0 saturated heterocycles. The lowest BCUT2D eigenvalue weighted by molar-refractivity contribution is -0.140. The quantitative estimate of drug-likeness (QED) is 0.256. The van der Waals surface area contributed by atoms with E-state index in [1.165, 1.54) is 17.0 Å². The summed E-state index contributed by atoms with van der Waals surface area (Å²) in [6.45, 7) is 5.42. The van der Waals surface area contributed by atoms with Gasteiger partial charge in [-0.15, -0.1) is 0 Å². The average molecular weight is 622 g/mol. The summed E-state index contributed by atoms with van der Waals surface area (Å²) in [7, 11) is -2.64. The highest BCUT2D eigenvalue weighted by Gasteiger charge is 2.35. The van der Waals surface area contributed by atoms with Gasteiger partial charge in [-0.2, -0.15) is 0 Å². The molecule has 236 valence electrons. The summed E-state index contributed by atoms with van der Waals surface area (Å²) in [5, 5.41) is 3.14. The minimum absolute atomic E-state index is 0.0487. The van der Waals surface area contributed by atoms with Gasteiger partial charge in [0, 0.05) is 12.6 Å². The summed E-state index contributed by atoms with van der Waals surface area (Å²) >= 11 is 0. The van der Waals surface area contributed by atoms with Crippen LogP contribution in [-0.4, -0.2) is 57.5 Å². The van der Waals surface area contributed by atoms with Gasteiger partial charge in [-0.1, -0.05) is 61.7 Å². The zero-order valence-corrected chi connectivity index (χ0v) is 26.8. The molecule has 3 aromatic carbocycles. The number of sulfonamides is 1. The Morgan fingerprint density at radius 1 is 0.977 bits per heavy atom. The molecule has 1 saturated carbocycles. The minimum atomic E-state index is -4.21. The molecule has 0 heterocycles. The molecule has 44 heavy (non-hydrogen) atoms. The molecular formula is C34H43N3O6S. The van der Waals surface area contributed by atoms with Gasteiger partial charge in [-0.3, -0.25) is 13.9 Å². The Morgan fingerprint density at radius 2 is 1.68 bits per heavy atom. The third kappa shape index (κ3) is 7.91. The van der Waals surface area contributed by atoms with Crippen LogP contribution in [0.1, 0.15) is 57.1 Å². The van der Waals surface area contributed by atoms with E-state index in [2.05, 4.69) is 5.32 Å². The molecule has 0 bridgehead atoms. The molecule has 1 aliphatic carbocycles. The molecule has 1 fully saturated rings. The van der Waals surface area contributed by atoms with Gasteiger partial charge in [0.15, 0.2) is 0 Å². The van der Waals surface area contributed by atoms with Crippen LogP contribution in [0, 0.1) is 6.92 Å². The van der Waals surface area contributed by atoms with Crippen LogP contribution >= 0.6 is 0 Å². The molecule has 1 atom stereocenters. The van der Waals surface area contributed by atoms with Crippen molar-refractivity contribution in [1.82, 2.24) is 10.2 Å². The number of rotatable bonds is 14. The van der Waals surface area contributed by atoms with Crippen LogP contribution < -0.4 is 19.1 Å². The number of methoxy groups -OCH3 is 1. The maximum absolute atomic E-state index is 14.4. The van der Waals surface area contributed by atoms with E-state index in [0.29, 0.717) is 24.5 Å². The molecular weight excluding hydrogens is 578 g/mol. The number of ether oxygens (including phenoxy) is 2. The number of para-hydroxylation sites is 2. The Kier molecular flexibility index (Phi) is 11.3. The van der Waals surface area contributed by atoms with Crippen molar-refractivity contribution in [1.29, 1.82) is 0 Å². The van der Waals surface area contributed by atoms with Crippen molar-refractivity contribution in [2.75, 3.05) is 24.6 Å². The Hall–Kier alpha value is -4.05. The number of hydrogen-bond donors (Lipinski definition) is 1. The van der Waals surface area contributed by atoms with Crippen LogP contribution in [0.5, 0.6) is 11.5 Å². The molecule has 1 N–H and O–H groups in total. The fourth-order valence-electron chi connectivity index (χ4n) is 5.55. The number of nitrogens with zero attached hydrogens (tertiary/aromatic N) is 2. The summed E-state index contributed by atoms with van der Waals surface area (Å²) in [6.07, 6.45) is 4.28. The van der Waals surface area contributed by atoms with Crippen LogP contribution in [0.4, 0.5) is 5.69 Å². The highest BCUT2D eigenvalue weighted by molar-refractivity contribution is 7.92. The SMILES string of the molecule is CCOc1ccccc1N(CC(=O)N(Cc1cccc(OC)c1)[C@@H](CC)C(=O)NC1CCCC1)S(=O)(=O)c1ccc(C)cc1. The van der Waals surface area contributed by atoms with Gasteiger partial charge in [0.1, 0.15) is 24.1 Å². The summed E-state index contributed by atoms with van der Waals surface area (Å²) < 4.78 is 40.7. The Bertz CT molecular complexity index is 1520. The van der Waals surface area contributed by atoms with Gasteiger partial charge >= 0.3 is 0 Å². The van der Waals surface area contributed by atoms with E-state index < -0.39 is 28.5 Å². The third-order valence-electron chi connectivity index (χ3n) is 7.90. The molecule has 3 aromatic rings. The molecule has 1 aliphatic rings. The molecule has 10 heteroatoms. The Labute approximate surface area is 261 Å². The van der Waals surface area contributed by atoms with Crippen LogP contribution in [0.15, 0.2) is 77.7 Å². The minimum Gasteiger partial charge on any atom is -0.497 e. The number of nitrogens with one attached hydrogen (secondary N) is 1. The lowest BCUT2D eigenvalue weighted by atomic mass is 10.1. The predicted molar refractivity (Wildman–Crippen MR) is 171 cm³/mol. The highest BCUT2D eigenvalue weighted by atomic mass is 32.2. The lowest BCUT2D eigenvalue weighted by Gasteiger charge is -2.34. The van der Waals surface area contributed by atoms with Crippen molar-refractivity contribution in [2.24, 2.45) is 0 Å². The van der Waals surface area contributed by atoms with Crippen molar-refractivity contribution < 1.29 is 27.5 Å². The number of hydrogen-bond acceptors (Lipinski definition) is 6. The first-order valence-electron chi connectivity index (χ1n) is 15.2. The van der Waals surface area contributed by atoms with E-state index in [-0.39, 0.29) is 29.1 Å². The van der Waals surface area contributed by atoms with E-state index in [1.807, 2.05) is 39.0 Å². The maximum Gasteiger partial charge on any atom is 0.264 e. The van der Waals surface area contributed by atoms with Gasteiger partial charge in [0.2, 0.25) is 11.8 Å².